The number of nitro benzene ring substituents is 1. The maximum absolute atomic E-state index is 11.0. The van der Waals surface area contributed by atoms with E-state index in [2.05, 4.69) is 15.5 Å². The molecule has 1 saturated carbocycles. The summed E-state index contributed by atoms with van der Waals surface area (Å²) in [6.07, 6.45) is 5.95. The van der Waals surface area contributed by atoms with Crippen LogP contribution in [-0.2, 0) is 0 Å². The van der Waals surface area contributed by atoms with Crippen LogP contribution in [-0.4, -0.2) is 37.5 Å². The normalized spacial score (nSPS) is 15.3. The Bertz CT molecular complexity index is 687. The van der Waals surface area contributed by atoms with Crippen LogP contribution in [0.25, 0.3) is 0 Å². The van der Waals surface area contributed by atoms with Crippen molar-refractivity contribution in [2.75, 3.05) is 12.4 Å². The summed E-state index contributed by atoms with van der Waals surface area (Å²) in [6.45, 7) is 0.354. The number of benzene rings is 1. The molecule has 1 aromatic carbocycles. The van der Waals surface area contributed by atoms with E-state index in [1.54, 1.807) is 18.2 Å². The van der Waals surface area contributed by atoms with E-state index in [9.17, 15) is 10.1 Å². The van der Waals surface area contributed by atoms with Crippen LogP contribution in [0.3, 0.4) is 0 Å². The molecule has 1 aliphatic carbocycles. The van der Waals surface area contributed by atoms with Crippen molar-refractivity contribution in [3.8, 4) is 5.75 Å². The van der Waals surface area contributed by atoms with Crippen LogP contribution in [0, 0.1) is 10.1 Å². The van der Waals surface area contributed by atoms with Crippen molar-refractivity contribution in [1.82, 2.24) is 20.2 Å². The fourth-order valence-electron chi connectivity index (χ4n) is 2.85. The molecule has 9 heteroatoms. The van der Waals surface area contributed by atoms with Crippen molar-refractivity contribution in [2.24, 2.45) is 0 Å². The second-order valence-electron chi connectivity index (χ2n) is 5.62. The largest absolute Gasteiger partial charge is 0.486 e. The zero-order valence-corrected chi connectivity index (χ0v) is 14.0. The van der Waals surface area contributed by atoms with E-state index in [1.165, 1.54) is 37.1 Å². The summed E-state index contributed by atoms with van der Waals surface area (Å²) in [6, 6.07) is 6.77. The van der Waals surface area contributed by atoms with Crippen molar-refractivity contribution in [1.29, 1.82) is 0 Å². The Morgan fingerprint density at radius 3 is 2.88 bits per heavy atom. The monoisotopic (exact) mass is 349 g/mol. The lowest BCUT2D eigenvalue weighted by Crippen LogP contribution is -2.15. The molecular weight excluding hydrogens is 330 g/mol. The van der Waals surface area contributed by atoms with E-state index in [1.807, 2.05) is 4.68 Å². The zero-order valence-electron chi connectivity index (χ0n) is 13.2. The highest BCUT2D eigenvalue weighted by Gasteiger charge is 2.20. The fourth-order valence-corrected chi connectivity index (χ4v) is 3.61. The second-order valence-corrected chi connectivity index (χ2v) is 6.68. The number of nitrogens with zero attached hydrogens (tertiary/aromatic N) is 5. The average Bonchev–Trinajstić information content (AvgIpc) is 3.08. The van der Waals surface area contributed by atoms with Crippen molar-refractivity contribution in [3.63, 3.8) is 0 Å². The van der Waals surface area contributed by atoms with Crippen LogP contribution >= 0.6 is 11.8 Å². The summed E-state index contributed by atoms with van der Waals surface area (Å²) in [5.74, 6) is 0.911. The average molecular weight is 349 g/mol. The molecule has 1 heterocycles. The highest BCUT2D eigenvalue weighted by Crippen LogP contribution is 2.30. The van der Waals surface area contributed by atoms with Gasteiger partial charge in [0.05, 0.1) is 17.6 Å². The molecule has 0 bridgehead atoms. The highest BCUT2D eigenvalue weighted by atomic mass is 32.2. The molecule has 24 heavy (non-hydrogen) atoms. The third-order valence-electron chi connectivity index (χ3n) is 4.02. The lowest BCUT2D eigenvalue weighted by Gasteiger charge is -2.21. The Morgan fingerprint density at radius 2 is 2.08 bits per heavy atom. The van der Waals surface area contributed by atoms with Gasteiger partial charge >= 0.3 is 5.69 Å². The van der Waals surface area contributed by atoms with Crippen molar-refractivity contribution >= 4 is 17.4 Å². The van der Waals surface area contributed by atoms with Gasteiger partial charge in [0.1, 0.15) is 0 Å². The molecule has 0 N–H and O–H groups in total. The van der Waals surface area contributed by atoms with E-state index >= 15 is 0 Å². The minimum atomic E-state index is -0.438. The van der Waals surface area contributed by atoms with Crippen LogP contribution in [0.15, 0.2) is 29.4 Å². The Labute approximate surface area is 143 Å². The van der Waals surface area contributed by atoms with Gasteiger partial charge in [0.15, 0.2) is 5.75 Å². The number of hydrogen-bond acceptors (Lipinski definition) is 7. The van der Waals surface area contributed by atoms with E-state index < -0.39 is 4.92 Å². The first kappa shape index (κ1) is 16.7. The van der Waals surface area contributed by atoms with Crippen molar-refractivity contribution in [2.45, 2.75) is 43.3 Å². The number of thioether (sulfide) groups is 1. The Kier molecular flexibility index (Phi) is 5.63. The summed E-state index contributed by atoms with van der Waals surface area (Å²) in [7, 11) is 0. The molecule has 1 aliphatic rings. The van der Waals surface area contributed by atoms with E-state index in [4.69, 9.17) is 4.74 Å². The molecule has 0 saturated heterocycles. The smallest absolute Gasteiger partial charge is 0.310 e. The summed E-state index contributed by atoms with van der Waals surface area (Å²) < 4.78 is 7.45. The van der Waals surface area contributed by atoms with Gasteiger partial charge in [-0.3, -0.25) is 10.1 Å². The van der Waals surface area contributed by atoms with E-state index in [0.29, 0.717) is 18.4 Å². The predicted octanol–water partition coefficient (Wildman–Crippen LogP) is 3.26. The summed E-state index contributed by atoms with van der Waals surface area (Å²) >= 11 is 1.51. The first-order valence-electron chi connectivity index (χ1n) is 8.02. The molecule has 3 rings (SSSR count). The number of aromatic nitrogens is 4. The molecule has 0 unspecified atom stereocenters. The number of rotatable bonds is 7. The Hall–Kier alpha value is -2.16. The highest BCUT2D eigenvalue weighted by molar-refractivity contribution is 7.99. The van der Waals surface area contributed by atoms with Gasteiger partial charge in [-0.05, 0) is 29.3 Å². The van der Waals surface area contributed by atoms with Gasteiger partial charge in [-0.15, -0.1) is 5.10 Å². The van der Waals surface area contributed by atoms with Crippen LogP contribution in [0.2, 0.25) is 0 Å². The van der Waals surface area contributed by atoms with Crippen LogP contribution in [0.4, 0.5) is 5.69 Å². The van der Waals surface area contributed by atoms with Gasteiger partial charge in [0, 0.05) is 11.8 Å². The molecule has 1 aromatic heterocycles. The van der Waals surface area contributed by atoms with Crippen LogP contribution in [0.5, 0.6) is 5.75 Å². The summed E-state index contributed by atoms with van der Waals surface area (Å²) in [4.78, 5) is 10.5. The predicted molar refractivity (Wildman–Crippen MR) is 89.3 cm³/mol. The lowest BCUT2D eigenvalue weighted by molar-refractivity contribution is -0.385. The van der Waals surface area contributed by atoms with Gasteiger partial charge in [-0.1, -0.05) is 43.2 Å². The Balaban J connectivity index is 1.53. The molecule has 0 amide bonds. The molecule has 0 radical (unpaired) electrons. The maximum atomic E-state index is 11.0. The third kappa shape index (κ3) is 4.02. The van der Waals surface area contributed by atoms with Gasteiger partial charge in [0.2, 0.25) is 5.16 Å². The van der Waals surface area contributed by atoms with Crippen LogP contribution in [0.1, 0.15) is 38.1 Å². The number of hydrogen-bond donors (Lipinski definition) is 0. The van der Waals surface area contributed by atoms with Crippen LogP contribution < -0.4 is 4.74 Å². The Morgan fingerprint density at radius 1 is 1.29 bits per heavy atom. The van der Waals surface area contributed by atoms with Gasteiger partial charge < -0.3 is 4.74 Å². The van der Waals surface area contributed by atoms with E-state index in [0.717, 1.165) is 18.0 Å². The van der Waals surface area contributed by atoms with Gasteiger partial charge in [-0.25, -0.2) is 4.68 Å². The topological polar surface area (TPSA) is 96.0 Å². The SMILES string of the molecule is O=[N+]([O-])c1ccccc1OCCSc1nnnn1C1CCCCC1. The quantitative estimate of drug-likeness (QED) is 0.327. The maximum Gasteiger partial charge on any atom is 0.310 e. The van der Waals surface area contributed by atoms with Gasteiger partial charge in [-0.2, -0.15) is 0 Å². The number of para-hydroxylation sites is 2. The zero-order chi connectivity index (χ0) is 16.8. The summed E-state index contributed by atoms with van der Waals surface area (Å²) in [5.41, 5.74) is -0.0189. The molecule has 128 valence electrons. The molecule has 0 atom stereocenters. The number of tetrazole rings is 1. The summed E-state index contributed by atoms with van der Waals surface area (Å²) in [5, 5.41) is 23.7. The molecule has 1 fully saturated rings. The molecular formula is C15H19N5O3S. The third-order valence-corrected chi connectivity index (χ3v) is 4.91. The number of nitro groups is 1. The lowest BCUT2D eigenvalue weighted by atomic mass is 9.96. The van der Waals surface area contributed by atoms with E-state index in [-0.39, 0.29) is 11.4 Å². The fraction of sp³-hybridized carbons (Fsp3) is 0.533. The standard InChI is InChI=1S/C15H19N5O3S/c21-20(22)13-8-4-5-9-14(13)23-10-11-24-15-16-17-18-19(15)12-6-2-1-3-7-12/h4-5,8-9,12H,1-3,6-7,10-11H2. The molecule has 0 spiro atoms. The molecule has 0 aliphatic heterocycles. The first-order chi connectivity index (χ1) is 11.8. The van der Waals surface area contributed by atoms with Crippen molar-refractivity contribution in [3.05, 3.63) is 34.4 Å². The minimum Gasteiger partial charge on any atom is -0.486 e. The molecule has 8 nitrogen and oxygen atoms in total. The number of ether oxygens (including phenoxy) is 1. The second kappa shape index (κ2) is 8.09. The first-order valence-corrected chi connectivity index (χ1v) is 9.01. The van der Waals surface area contributed by atoms with Crippen molar-refractivity contribution < 1.29 is 9.66 Å². The molecule has 2 aromatic rings. The van der Waals surface area contributed by atoms with Gasteiger partial charge in [0.25, 0.3) is 0 Å². The minimum absolute atomic E-state index is 0.0189.